The van der Waals surface area contributed by atoms with Crippen LogP contribution in [-0.4, -0.2) is 80.1 Å². The van der Waals surface area contributed by atoms with Crippen LogP contribution >= 0.6 is 0 Å². The van der Waals surface area contributed by atoms with Crippen LogP contribution in [0.4, 0.5) is 4.79 Å². The van der Waals surface area contributed by atoms with E-state index in [0.717, 1.165) is 12.8 Å². The Labute approximate surface area is 203 Å². The Morgan fingerprint density at radius 1 is 1.18 bits per heavy atom. The van der Waals surface area contributed by atoms with E-state index in [2.05, 4.69) is 16.7 Å². The van der Waals surface area contributed by atoms with Crippen molar-refractivity contribution in [3.8, 4) is 6.07 Å². The lowest BCUT2D eigenvalue weighted by Gasteiger charge is -2.32. The first-order valence-corrected chi connectivity index (χ1v) is 12.2. The van der Waals surface area contributed by atoms with Crippen molar-refractivity contribution in [3.05, 3.63) is 0 Å². The van der Waals surface area contributed by atoms with E-state index in [0.29, 0.717) is 52.2 Å². The molecule has 0 aromatic carbocycles. The molecule has 0 unspecified atom stereocenters. The van der Waals surface area contributed by atoms with E-state index in [-0.39, 0.29) is 30.0 Å². The lowest BCUT2D eigenvalue weighted by molar-refractivity contribution is -0.124. The third-order valence-electron chi connectivity index (χ3n) is 5.71. The average molecular weight is 480 g/mol. The molecule has 0 bridgehead atoms. The third-order valence-corrected chi connectivity index (χ3v) is 5.71. The number of guanidine groups is 1. The van der Waals surface area contributed by atoms with Gasteiger partial charge < -0.3 is 24.4 Å². The summed E-state index contributed by atoms with van der Waals surface area (Å²) in [5.74, 6) is -0.0236. The number of nitrogens with one attached hydrogen (secondary N) is 2. The minimum atomic E-state index is -0.843. The van der Waals surface area contributed by atoms with Crippen molar-refractivity contribution in [2.75, 3.05) is 39.5 Å². The van der Waals surface area contributed by atoms with Gasteiger partial charge in [-0.2, -0.15) is 5.26 Å². The zero-order chi connectivity index (χ0) is 25.2. The summed E-state index contributed by atoms with van der Waals surface area (Å²) >= 11 is 0. The lowest BCUT2D eigenvalue weighted by Crippen LogP contribution is -2.52. The lowest BCUT2D eigenvalue weighted by atomic mass is 9.87. The molecule has 1 aliphatic heterocycles. The summed E-state index contributed by atoms with van der Waals surface area (Å²) in [6.45, 7) is 12.4. The van der Waals surface area contributed by atoms with Crippen molar-refractivity contribution >= 4 is 18.0 Å². The average Bonchev–Trinajstić information content (AvgIpc) is 3.24. The molecule has 2 aliphatic rings. The maximum atomic E-state index is 13.3. The van der Waals surface area contributed by atoms with Crippen molar-refractivity contribution < 1.29 is 23.8 Å². The van der Waals surface area contributed by atoms with Crippen LogP contribution in [-0.2, 0) is 19.0 Å². The van der Waals surface area contributed by atoms with E-state index in [1.165, 1.54) is 0 Å². The molecule has 1 atom stereocenters. The number of nitrogens with zero attached hydrogens (tertiary/aromatic N) is 3. The number of hydrogen-bond acceptors (Lipinski definition) is 7. The number of nitriles is 1. The summed E-state index contributed by atoms with van der Waals surface area (Å²) in [5, 5.41) is 15.4. The number of alkyl carbamates (subject to hydrolysis) is 1. The van der Waals surface area contributed by atoms with Gasteiger partial charge >= 0.3 is 6.09 Å². The van der Waals surface area contributed by atoms with E-state index in [9.17, 15) is 14.9 Å². The van der Waals surface area contributed by atoms with E-state index < -0.39 is 17.7 Å². The second-order valence-electron chi connectivity index (χ2n) is 10.4. The van der Waals surface area contributed by atoms with Crippen molar-refractivity contribution in [1.82, 2.24) is 15.5 Å². The molecule has 2 fully saturated rings. The highest BCUT2D eigenvalue weighted by atomic mass is 16.6. The number of aliphatic imine (C=N–C) groups is 1. The molecule has 2 rings (SSSR count). The van der Waals surface area contributed by atoms with Crippen LogP contribution in [0.25, 0.3) is 0 Å². The molecular weight excluding hydrogens is 438 g/mol. The molecule has 0 radical (unpaired) electrons. The molecule has 1 aliphatic carbocycles. The predicted octanol–water partition coefficient (Wildman–Crippen LogP) is 2.58. The smallest absolute Gasteiger partial charge is 0.414 e. The number of amides is 2. The maximum Gasteiger partial charge on any atom is 0.414 e. The summed E-state index contributed by atoms with van der Waals surface area (Å²) in [7, 11) is 0. The summed E-state index contributed by atoms with van der Waals surface area (Å²) in [6, 6.07) is 1.53. The predicted molar refractivity (Wildman–Crippen MR) is 128 cm³/mol. The Morgan fingerprint density at radius 2 is 1.82 bits per heavy atom. The highest BCUT2D eigenvalue weighted by Gasteiger charge is 2.38. The highest BCUT2D eigenvalue weighted by Crippen LogP contribution is 2.30. The van der Waals surface area contributed by atoms with Crippen molar-refractivity contribution in [2.45, 2.75) is 84.4 Å². The largest absolute Gasteiger partial charge is 0.447 e. The van der Waals surface area contributed by atoms with Gasteiger partial charge in [0.05, 0.1) is 32.0 Å². The van der Waals surface area contributed by atoms with Gasteiger partial charge in [-0.05, 0) is 51.4 Å². The van der Waals surface area contributed by atoms with Gasteiger partial charge in [0.2, 0.25) is 11.9 Å². The molecule has 1 heterocycles. The van der Waals surface area contributed by atoms with E-state index in [1.807, 2.05) is 39.5 Å². The zero-order valence-electron chi connectivity index (χ0n) is 21.3. The second-order valence-corrected chi connectivity index (χ2v) is 10.4. The normalized spacial score (nSPS) is 19.4. The number of carbonyl (C=O) groups excluding carboxylic acids is 2. The van der Waals surface area contributed by atoms with Crippen LogP contribution in [0, 0.1) is 16.7 Å². The monoisotopic (exact) mass is 479 g/mol. The number of hydrogen-bond donors (Lipinski definition) is 2. The number of carbonyl (C=O) groups is 2. The molecule has 1 saturated carbocycles. The molecule has 34 heavy (non-hydrogen) atoms. The fourth-order valence-corrected chi connectivity index (χ4v) is 4.00. The second kappa shape index (κ2) is 12.9. The SMILES string of the molecule is CC(C)OCCOC(=O)NC(=N[C@@H](CC(C)(C)C)C(=O)NC1(C#N)CCCC1)N1CCOCC1. The molecule has 10 heteroatoms. The summed E-state index contributed by atoms with van der Waals surface area (Å²) in [6.07, 6.45) is 2.94. The molecule has 2 N–H and O–H groups in total. The van der Waals surface area contributed by atoms with Crippen LogP contribution in [0.2, 0.25) is 0 Å². The first kappa shape index (κ1) is 27.9. The van der Waals surface area contributed by atoms with Gasteiger partial charge in [0.25, 0.3) is 0 Å². The summed E-state index contributed by atoms with van der Waals surface area (Å²) < 4.78 is 16.1. The minimum absolute atomic E-state index is 0.0466. The molecular formula is C24H41N5O5. The quantitative estimate of drug-likeness (QED) is 0.311. The van der Waals surface area contributed by atoms with Crippen LogP contribution in [0.3, 0.4) is 0 Å². The molecule has 10 nitrogen and oxygen atoms in total. The van der Waals surface area contributed by atoms with Crippen molar-refractivity contribution in [1.29, 1.82) is 5.26 Å². The first-order chi connectivity index (χ1) is 16.0. The summed E-state index contributed by atoms with van der Waals surface area (Å²) in [5.41, 5.74) is -1.05. The molecule has 1 saturated heterocycles. The fraction of sp³-hybridized carbons (Fsp3) is 0.833. The molecule has 2 amide bonds. The van der Waals surface area contributed by atoms with Crippen LogP contribution in [0.1, 0.15) is 66.7 Å². The Morgan fingerprint density at radius 3 is 2.38 bits per heavy atom. The molecule has 0 spiro atoms. The minimum Gasteiger partial charge on any atom is -0.447 e. The van der Waals surface area contributed by atoms with E-state index in [1.54, 1.807) is 0 Å². The third kappa shape index (κ3) is 9.47. The van der Waals surface area contributed by atoms with Crippen LogP contribution < -0.4 is 10.6 Å². The Bertz CT molecular complexity index is 744. The molecule has 0 aromatic heterocycles. The maximum absolute atomic E-state index is 13.3. The van der Waals surface area contributed by atoms with Gasteiger partial charge in [0.15, 0.2) is 0 Å². The van der Waals surface area contributed by atoms with Gasteiger partial charge in [-0.1, -0.05) is 20.8 Å². The van der Waals surface area contributed by atoms with E-state index >= 15 is 0 Å². The molecule has 192 valence electrons. The van der Waals surface area contributed by atoms with Gasteiger partial charge in [-0.15, -0.1) is 0 Å². The zero-order valence-corrected chi connectivity index (χ0v) is 21.3. The number of morpholine rings is 1. The fourth-order valence-electron chi connectivity index (χ4n) is 4.00. The van der Waals surface area contributed by atoms with Gasteiger partial charge in [-0.25, -0.2) is 9.79 Å². The number of ether oxygens (including phenoxy) is 3. The van der Waals surface area contributed by atoms with Gasteiger partial charge in [0.1, 0.15) is 18.2 Å². The Balaban J connectivity index is 2.20. The van der Waals surface area contributed by atoms with Crippen LogP contribution in [0.5, 0.6) is 0 Å². The highest BCUT2D eigenvalue weighted by molar-refractivity contribution is 5.96. The topological polar surface area (TPSA) is 125 Å². The Kier molecular flexibility index (Phi) is 10.6. The van der Waals surface area contributed by atoms with Crippen molar-refractivity contribution in [2.24, 2.45) is 10.4 Å². The van der Waals surface area contributed by atoms with Gasteiger partial charge in [-0.3, -0.25) is 10.1 Å². The first-order valence-electron chi connectivity index (χ1n) is 12.2. The van der Waals surface area contributed by atoms with E-state index in [4.69, 9.17) is 19.2 Å². The summed E-state index contributed by atoms with van der Waals surface area (Å²) in [4.78, 5) is 32.4. The number of rotatable bonds is 8. The van der Waals surface area contributed by atoms with Gasteiger partial charge in [0, 0.05) is 13.1 Å². The molecule has 0 aromatic rings. The Hall–Kier alpha value is -2.38. The van der Waals surface area contributed by atoms with Crippen molar-refractivity contribution in [3.63, 3.8) is 0 Å². The van der Waals surface area contributed by atoms with Crippen LogP contribution in [0.15, 0.2) is 4.99 Å². The standard InChI is InChI=1S/C24H41N5O5/c1-18(2)33-14-15-34-22(31)27-21(29-10-12-32-13-11-29)26-19(16-23(3,4)5)20(30)28-24(17-25)8-6-7-9-24/h18-19H,6-16H2,1-5H3,(H,28,30)(H,26,27,31)/t19-/m0/s1.